The Morgan fingerprint density at radius 1 is 1.35 bits per heavy atom. The molecule has 1 aromatic rings. The van der Waals surface area contributed by atoms with Crippen molar-refractivity contribution in [3.05, 3.63) is 23.8 Å². The van der Waals surface area contributed by atoms with Crippen LogP contribution in [0.1, 0.15) is 24.9 Å². The van der Waals surface area contributed by atoms with Gasteiger partial charge >= 0.3 is 0 Å². The Morgan fingerprint density at radius 2 is 2.18 bits per heavy atom. The summed E-state index contributed by atoms with van der Waals surface area (Å²) in [6, 6.07) is 5.63. The van der Waals surface area contributed by atoms with Crippen molar-refractivity contribution < 1.29 is 14.2 Å². The van der Waals surface area contributed by atoms with Crippen molar-refractivity contribution in [3.63, 3.8) is 0 Å². The highest BCUT2D eigenvalue weighted by molar-refractivity contribution is 5.48. The molecule has 17 heavy (non-hydrogen) atoms. The largest absolute Gasteiger partial charge is 0.486 e. The second-order valence-corrected chi connectivity index (χ2v) is 4.05. The summed E-state index contributed by atoms with van der Waals surface area (Å²) in [4.78, 5) is 0. The third-order valence-corrected chi connectivity index (χ3v) is 2.64. The van der Waals surface area contributed by atoms with Crippen LogP contribution in [0.25, 0.3) is 0 Å². The Hall–Kier alpha value is -1.26. The molecule has 1 aliphatic heterocycles. The van der Waals surface area contributed by atoms with Gasteiger partial charge in [0.2, 0.25) is 0 Å². The van der Waals surface area contributed by atoms with Crippen LogP contribution >= 0.6 is 0 Å². The van der Waals surface area contributed by atoms with Gasteiger partial charge in [-0.2, -0.15) is 0 Å². The van der Waals surface area contributed by atoms with Gasteiger partial charge in [-0.3, -0.25) is 0 Å². The number of hydrogen-bond donors (Lipinski definition) is 1. The smallest absolute Gasteiger partial charge is 0.166 e. The number of hydrogen-bond acceptors (Lipinski definition) is 4. The first-order valence-electron chi connectivity index (χ1n) is 6.04. The highest BCUT2D eigenvalue weighted by Crippen LogP contribution is 2.36. The van der Waals surface area contributed by atoms with Gasteiger partial charge in [0.15, 0.2) is 11.5 Å². The molecule has 0 saturated heterocycles. The van der Waals surface area contributed by atoms with E-state index in [1.54, 1.807) is 0 Å². The number of ether oxygens (including phenoxy) is 3. The maximum atomic E-state index is 6.10. The fourth-order valence-corrected chi connectivity index (χ4v) is 1.83. The van der Waals surface area contributed by atoms with Gasteiger partial charge in [0.05, 0.1) is 12.6 Å². The van der Waals surface area contributed by atoms with E-state index >= 15 is 0 Å². The first kappa shape index (κ1) is 12.2. The molecule has 0 aromatic heterocycles. The summed E-state index contributed by atoms with van der Waals surface area (Å²) in [6.07, 6.45) is 0.999. The van der Waals surface area contributed by atoms with Crippen LogP contribution in [0.2, 0.25) is 0 Å². The number of benzene rings is 1. The quantitative estimate of drug-likeness (QED) is 0.794. The van der Waals surface area contributed by atoms with Crippen LogP contribution in [0.5, 0.6) is 11.5 Å². The normalized spacial score (nSPS) is 15.6. The van der Waals surface area contributed by atoms with Crippen LogP contribution in [0.3, 0.4) is 0 Å². The Balaban J connectivity index is 2.09. The highest BCUT2D eigenvalue weighted by atomic mass is 16.6. The van der Waals surface area contributed by atoms with E-state index < -0.39 is 0 Å². The molecule has 1 atom stereocenters. The molecule has 2 rings (SSSR count). The third-order valence-electron chi connectivity index (χ3n) is 2.64. The lowest BCUT2D eigenvalue weighted by atomic mass is 10.1. The van der Waals surface area contributed by atoms with E-state index in [0.29, 0.717) is 19.8 Å². The molecule has 0 saturated carbocycles. The molecule has 0 fully saturated rings. The molecule has 94 valence electrons. The molecule has 1 unspecified atom stereocenters. The maximum absolute atomic E-state index is 6.10. The summed E-state index contributed by atoms with van der Waals surface area (Å²) in [6.45, 7) is 4.49. The average Bonchev–Trinajstić information content (AvgIpc) is 2.38. The number of fused-ring (bicyclic) bond motifs is 1. The minimum atomic E-state index is -0.168. The predicted octanol–water partition coefficient (Wildman–Crippen LogP) is 1.88. The van der Waals surface area contributed by atoms with Crippen LogP contribution in [0.15, 0.2) is 18.2 Å². The number of nitrogens with two attached hydrogens (primary N) is 1. The SMILES string of the molecule is CCCOCC(N)c1cccc2c1OCCO2. The highest BCUT2D eigenvalue weighted by Gasteiger charge is 2.19. The van der Waals surface area contributed by atoms with E-state index in [1.807, 2.05) is 18.2 Å². The number of rotatable bonds is 5. The van der Waals surface area contributed by atoms with Gasteiger partial charge < -0.3 is 19.9 Å². The van der Waals surface area contributed by atoms with Crippen molar-refractivity contribution >= 4 is 0 Å². The van der Waals surface area contributed by atoms with Gasteiger partial charge in [-0.1, -0.05) is 19.1 Å². The van der Waals surface area contributed by atoms with Crippen LogP contribution in [0.4, 0.5) is 0 Å². The van der Waals surface area contributed by atoms with Gasteiger partial charge in [-0.25, -0.2) is 0 Å². The summed E-state index contributed by atoms with van der Waals surface area (Å²) < 4.78 is 16.6. The molecule has 0 amide bonds. The van der Waals surface area contributed by atoms with E-state index in [4.69, 9.17) is 19.9 Å². The first-order chi connectivity index (χ1) is 8.33. The van der Waals surface area contributed by atoms with E-state index in [-0.39, 0.29) is 6.04 Å². The second-order valence-electron chi connectivity index (χ2n) is 4.05. The molecule has 1 aliphatic rings. The summed E-state index contributed by atoms with van der Waals surface area (Å²) in [7, 11) is 0. The van der Waals surface area contributed by atoms with Crippen LogP contribution in [0, 0.1) is 0 Å². The topological polar surface area (TPSA) is 53.7 Å². The van der Waals surface area contributed by atoms with Crippen molar-refractivity contribution in [2.75, 3.05) is 26.4 Å². The van der Waals surface area contributed by atoms with Crippen molar-refractivity contribution in [2.24, 2.45) is 5.73 Å². The van der Waals surface area contributed by atoms with Crippen molar-refractivity contribution in [1.29, 1.82) is 0 Å². The zero-order valence-electron chi connectivity index (χ0n) is 10.1. The molecule has 2 N–H and O–H groups in total. The van der Waals surface area contributed by atoms with Gasteiger partial charge in [0, 0.05) is 12.2 Å². The molecule has 0 bridgehead atoms. The predicted molar refractivity (Wildman–Crippen MR) is 65.5 cm³/mol. The zero-order valence-corrected chi connectivity index (χ0v) is 10.1. The minimum absolute atomic E-state index is 0.168. The summed E-state index contributed by atoms with van der Waals surface area (Å²) in [5.41, 5.74) is 7.06. The van der Waals surface area contributed by atoms with Gasteiger partial charge in [-0.15, -0.1) is 0 Å². The fraction of sp³-hybridized carbons (Fsp3) is 0.538. The van der Waals surface area contributed by atoms with E-state index in [1.165, 1.54) is 0 Å². The lowest BCUT2D eigenvalue weighted by molar-refractivity contribution is 0.118. The van der Waals surface area contributed by atoms with Crippen LogP contribution in [-0.2, 0) is 4.74 Å². The van der Waals surface area contributed by atoms with Crippen molar-refractivity contribution in [3.8, 4) is 11.5 Å². The standard InChI is InChI=1S/C13H19NO3/c1-2-6-15-9-11(14)10-4-3-5-12-13(10)17-8-7-16-12/h3-5,11H,2,6-9,14H2,1H3. The molecule has 0 radical (unpaired) electrons. The van der Waals surface area contributed by atoms with Crippen molar-refractivity contribution in [1.82, 2.24) is 0 Å². The fourth-order valence-electron chi connectivity index (χ4n) is 1.83. The molecular formula is C13H19NO3. The van der Waals surface area contributed by atoms with E-state index in [0.717, 1.165) is 30.1 Å². The Bertz CT molecular complexity index is 368. The van der Waals surface area contributed by atoms with Crippen molar-refractivity contribution in [2.45, 2.75) is 19.4 Å². The molecule has 1 aromatic carbocycles. The Morgan fingerprint density at radius 3 is 3.00 bits per heavy atom. The Kier molecular flexibility index (Phi) is 4.23. The summed E-state index contributed by atoms with van der Waals surface area (Å²) in [5, 5.41) is 0. The molecular weight excluding hydrogens is 218 g/mol. The third kappa shape index (κ3) is 2.90. The monoisotopic (exact) mass is 237 g/mol. The summed E-state index contributed by atoms with van der Waals surface area (Å²) in [5.74, 6) is 1.55. The minimum Gasteiger partial charge on any atom is -0.486 e. The van der Waals surface area contributed by atoms with Gasteiger partial charge in [0.25, 0.3) is 0 Å². The van der Waals surface area contributed by atoms with E-state index in [2.05, 4.69) is 6.92 Å². The first-order valence-corrected chi connectivity index (χ1v) is 6.04. The lowest BCUT2D eigenvalue weighted by Crippen LogP contribution is -2.22. The van der Waals surface area contributed by atoms with Crippen LogP contribution in [-0.4, -0.2) is 26.4 Å². The molecule has 0 aliphatic carbocycles. The Labute approximate surface area is 102 Å². The molecule has 0 spiro atoms. The van der Waals surface area contributed by atoms with E-state index in [9.17, 15) is 0 Å². The molecule has 4 nitrogen and oxygen atoms in total. The molecule has 4 heteroatoms. The zero-order chi connectivity index (χ0) is 12.1. The second kappa shape index (κ2) is 5.89. The van der Waals surface area contributed by atoms with Gasteiger partial charge in [0.1, 0.15) is 13.2 Å². The van der Waals surface area contributed by atoms with Crippen LogP contribution < -0.4 is 15.2 Å². The lowest BCUT2D eigenvalue weighted by Gasteiger charge is -2.23. The van der Waals surface area contributed by atoms with Gasteiger partial charge in [-0.05, 0) is 12.5 Å². The number of para-hydroxylation sites is 1. The summed E-state index contributed by atoms with van der Waals surface area (Å²) >= 11 is 0. The maximum Gasteiger partial charge on any atom is 0.166 e. The molecule has 1 heterocycles. The average molecular weight is 237 g/mol.